The maximum Gasteiger partial charge on any atom is 0.242 e. The Morgan fingerprint density at radius 1 is 1.48 bits per heavy atom. The number of aromatic nitrogens is 2. The lowest BCUT2D eigenvalue weighted by Gasteiger charge is -2.21. The number of carbonyl (C=O) groups excluding carboxylic acids is 2. The highest BCUT2D eigenvalue weighted by atomic mass is 32.2. The number of carbonyl (C=O) groups is 2. The van der Waals surface area contributed by atoms with Gasteiger partial charge in [-0.2, -0.15) is 4.98 Å². The second kappa shape index (κ2) is 7.52. The molecule has 0 saturated carbocycles. The molecule has 25 heavy (non-hydrogen) atoms. The molecule has 0 aliphatic carbocycles. The molecule has 2 aliphatic heterocycles. The molecule has 3 rings (SSSR count). The fraction of sp³-hybridized carbons (Fsp3) is 0.533. The standard InChI is InChI=1S/C15H19N5O3S2/c1-18(2)11-5-16-6-12(17-11)23-10-3-4-19(7-10)13(21)8-20-14(22)9-25-15(20)24/h5-6,10H,3-4,7-9H2,1-2H3. The van der Waals surface area contributed by atoms with E-state index >= 15 is 0 Å². The monoisotopic (exact) mass is 381 g/mol. The molecule has 0 aromatic carbocycles. The zero-order valence-corrected chi connectivity index (χ0v) is 15.7. The Morgan fingerprint density at radius 2 is 2.28 bits per heavy atom. The minimum atomic E-state index is -0.133. The molecule has 3 heterocycles. The van der Waals surface area contributed by atoms with Gasteiger partial charge in [-0.1, -0.05) is 24.0 Å². The number of likely N-dealkylation sites (tertiary alicyclic amines) is 1. The van der Waals surface area contributed by atoms with E-state index in [0.29, 0.717) is 41.3 Å². The van der Waals surface area contributed by atoms with Gasteiger partial charge in [0, 0.05) is 27.1 Å². The largest absolute Gasteiger partial charge is 0.471 e. The fourth-order valence-corrected chi connectivity index (χ4v) is 3.67. The van der Waals surface area contributed by atoms with Gasteiger partial charge in [-0.25, -0.2) is 0 Å². The molecule has 2 saturated heterocycles. The molecular formula is C15H19N5O3S2. The quantitative estimate of drug-likeness (QED) is 0.678. The van der Waals surface area contributed by atoms with Gasteiger partial charge in [0.2, 0.25) is 17.7 Å². The van der Waals surface area contributed by atoms with Crippen LogP contribution in [0.4, 0.5) is 5.82 Å². The van der Waals surface area contributed by atoms with Crippen LogP contribution in [0.5, 0.6) is 5.88 Å². The summed E-state index contributed by atoms with van der Waals surface area (Å²) in [6.07, 6.45) is 3.81. The SMILES string of the molecule is CN(C)c1cncc(OC2CCN(C(=O)CN3C(=O)CSC3=S)C2)n1. The predicted molar refractivity (Wildman–Crippen MR) is 98.7 cm³/mol. The maximum absolute atomic E-state index is 12.4. The van der Waals surface area contributed by atoms with Crippen LogP contribution in [0.2, 0.25) is 0 Å². The third kappa shape index (κ3) is 4.18. The Bertz CT molecular complexity index is 683. The normalized spacial score (nSPS) is 20.3. The van der Waals surface area contributed by atoms with Crippen LogP contribution >= 0.6 is 24.0 Å². The summed E-state index contributed by atoms with van der Waals surface area (Å²) in [5.74, 6) is 1.25. The molecule has 0 N–H and O–H groups in total. The molecular weight excluding hydrogens is 362 g/mol. The number of anilines is 1. The van der Waals surface area contributed by atoms with E-state index in [4.69, 9.17) is 17.0 Å². The molecule has 2 fully saturated rings. The average Bonchev–Trinajstić information content (AvgIpc) is 3.17. The van der Waals surface area contributed by atoms with Gasteiger partial charge in [-0.3, -0.25) is 19.5 Å². The molecule has 2 aliphatic rings. The number of thioether (sulfide) groups is 1. The van der Waals surface area contributed by atoms with Crippen molar-refractivity contribution in [1.29, 1.82) is 0 Å². The second-order valence-electron chi connectivity index (χ2n) is 6.01. The van der Waals surface area contributed by atoms with Gasteiger partial charge in [0.1, 0.15) is 17.0 Å². The van der Waals surface area contributed by atoms with E-state index in [1.165, 1.54) is 16.7 Å². The molecule has 0 bridgehead atoms. The molecule has 1 aromatic heterocycles. The lowest BCUT2D eigenvalue weighted by atomic mass is 10.3. The molecule has 1 atom stereocenters. The molecule has 8 nitrogen and oxygen atoms in total. The third-order valence-electron chi connectivity index (χ3n) is 3.98. The van der Waals surface area contributed by atoms with Gasteiger partial charge in [0.25, 0.3) is 0 Å². The highest BCUT2D eigenvalue weighted by molar-refractivity contribution is 8.23. The number of ether oxygens (including phenoxy) is 1. The van der Waals surface area contributed by atoms with E-state index in [0.717, 1.165) is 0 Å². The first-order valence-corrected chi connectivity index (χ1v) is 9.24. The minimum absolute atomic E-state index is 0.00725. The topological polar surface area (TPSA) is 78.9 Å². The molecule has 1 unspecified atom stereocenters. The summed E-state index contributed by atoms with van der Waals surface area (Å²) in [5.41, 5.74) is 0. The van der Waals surface area contributed by atoms with E-state index in [1.807, 2.05) is 19.0 Å². The number of hydrogen-bond acceptors (Lipinski definition) is 8. The summed E-state index contributed by atoms with van der Waals surface area (Å²) < 4.78 is 6.33. The summed E-state index contributed by atoms with van der Waals surface area (Å²) in [7, 11) is 3.76. The second-order valence-corrected chi connectivity index (χ2v) is 7.62. The van der Waals surface area contributed by atoms with Crippen molar-refractivity contribution in [3.05, 3.63) is 12.4 Å². The van der Waals surface area contributed by atoms with Crippen LogP contribution < -0.4 is 9.64 Å². The lowest BCUT2D eigenvalue weighted by Crippen LogP contribution is -2.41. The van der Waals surface area contributed by atoms with Crippen LogP contribution in [-0.2, 0) is 9.59 Å². The Hall–Kier alpha value is -1.94. The van der Waals surface area contributed by atoms with Gasteiger partial charge in [-0.15, -0.1) is 0 Å². The highest BCUT2D eigenvalue weighted by Gasteiger charge is 2.33. The predicted octanol–water partition coefficient (Wildman–Crippen LogP) is 0.383. The molecule has 2 amide bonds. The number of nitrogens with zero attached hydrogens (tertiary/aromatic N) is 5. The maximum atomic E-state index is 12.4. The van der Waals surface area contributed by atoms with Gasteiger partial charge < -0.3 is 14.5 Å². The van der Waals surface area contributed by atoms with Crippen LogP contribution in [0.25, 0.3) is 0 Å². The summed E-state index contributed by atoms with van der Waals surface area (Å²) in [5, 5.41) is 0. The number of thiocarbonyl (C=S) groups is 1. The van der Waals surface area contributed by atoms with Crippen LogP contribution in [0, 0.1) is 0 Å². The van der Waals surface area contributed by atoms with E-state index in [1.54, 1.807) is 17.3 Å². The minimum Gasteiger partial charge on any atom is -0.471 e. The summed E-state index contributed by atoms with van der Waals surface area (Å²) in [6, 6.07) is 0. The Balaban J connectivity index is 1.54. The van der Waals surface area contributed by atoms with Crippen molar-refractivity contribution in [1.82, 2.24) is 19.8 Å². The van der Waals surface area contributed by atoms with E-state index < -0.39 is 0 Å². The van der Waals surface area contributed by atoms with Crippen LogP contribution in [0.15, 0.2) is 12.4 Å². The number of amides is 2. The van der Waals surface area contributed by atoms with E-state index in [2.05, 4.69) is 9.97 Å². The molecule has 10 heteroatoms. The van der Waals surface area contributed by atoms with Gasteiger partial charge >= 0.3 is 0 Å². The van der Waals surface area contributed by atoms with Crippen LogP contribution in [-0.4, -0.2) is 81.5 Å². The summed E-state index contributed by atoms with van der Waals surface area (Å²) in [6.45, 7) is 1.06. The van der Waals surface area contributed by atoms with Gasteiger partial charge in [-0.05, 0) is 0 Å². The first kappa shape index (κ1) is 17.9. The van der Waals surface area contributed by atoms with E-state index in [-0.39, 0.29) is 24.5 Å². The number of rotatable bonds is 5. The fourth-order valence-electron chi connectivity index (χ4n) is 2.60. The summed E-state index contributed by atoms with van der Waals surface area (Å²) >= 11 is 6.40. The zero-order chi connectivity index (χ0) is 18.0. The first-order chi connectivity index (χ1) is 11.9. The van der Waals surface area contributed by atoms with Crippen LogP contribution in [0.1, 0.15) is 6.42 Å². The van der Waals surface area contributed by atoms with Crippen molar-refractivity contribution < 1.29 is 14.3 Å². The molecule has 134 valence electrons. The third-order valence-corrected chi connectivity index (χ3v) is 5.41. The Morgan fingerprint density at radius 3 is 2.96 bits per heavy atom. The van der Waals surface area contributed by atoms with Crippen molar-refractivity contribution in [2.75, 3.05) is 44.4 Å². The lowest BCUT2D eigenvalue weighted by molar-refractivity contribution is -0.135. The summed E-state index contributed by atoms with van der Waals surface area (Å²) in [4.78, 5) is 37.6. The van der Waals surface area contributed by atoms with Crippen molar-refractivity contribution in [3.8, 4) is 5.88 Å². The molecule has 0 radical (unpaired) electrons. The Kier molecular flexibility index (Phi) is 5.38. The van der Waals surface area contributed by atoms with Crippen molar-refractivity contribution in [2.45, 2.75) is 12.5 Å². The van der Waals surface area contributed by atoms with Crippen LogP contribution in [0.3, 0.4) is 0 Å². The smallest absolute Gasteiger partial charge is 0.242 e. The van der Waals surface area contributed by atoms with Crippen molar-refractivity contribution in [2.24, 2.45) is 0 Å². The zero-order valence-electron chi connectivity index (χ0n) is 14.0. The van der Waals surface area contributed by atoms with Crippen molar-refractivity contribution >= 4 is 45.9 Å². The van der Waals surface area contributed by atoms with Gasteiger partial charge in [0.15, 0.2) is 5.82 Å². The van der Waals surface area contributed by atoms with Crippen molar-refractivity contribution in [3.63, 3.8) is 0 Å². The van der Waals surface area contributed by atoms with E-state index in [9.17, 15) is 9.59 Å². The number of hydrogen-bond donors (Lipinski definition) is 0. The first-order valence-electron chi connectivity index (χ1n) is 7.85. The Labute approximate surface area is 155 Å². The molecule has 0 spiro atoms. The van der Waals surface area contributed by atoms with Gasteiger partial charge in [0.05, 0.1) is 24.7 Å². The highest BCUT2D eigenvalue weighted by Crippen LogP contribution is 2.21. The molecule has 1 aromatic rings. The average molecular weight is 381 g/mol.